The lowest BCUT2D eigenvalue weighted by Gasteiger charge is -2.10. The van der Waals surface area contributed by atoms with E-state index in [0.29, 0.717) is 11.6 Å². The zero-order valence-electron chi connectivity index (χ0n) is 12.3. The Hall–Kier alpha value is -2.89. The summed E-state index contributed by atoms with van der Waals surface area (Å²) >= 11 is 0. The number of rotatable bonds is 3. The van der Waals surface area contributed by atoms with Crippen LogP contribution in [0.5, 0.6) is 17.2 Å². The van der Waals surface area contributed by atoms with Crippen LogP contribution >= 0.6 is 0 Å². The maximum Gasteiger partial charge on any atom is 0.323 e. The molecule has 0 aromatic heterocycles. The lowest BCUT2D eigenvalue weighted by molar-refractivity contribution is 0.262. The molecule has 0 radical (unpaired) electrons. The van der Waals surface area contributed by atoms with Gasteiger partial charge in [0.2, 0.25) is 0 Å². The van der Waals surface area contributed by atoms with Gasteiger partial charge in [-0.05, 0) is 23.6 Å². The van der Waals surface area contributed by atoms with E-state index in [1.807, 2.05) is 12.1 Å². The number of anilines is 2. The molecule has 0 fully saturated rings. The predicted molar refractivity (Wildman–Crippen MR) is 84.6 cm³/mol. The van der Waals surface area contributed by atoms with Gasteiger partial charge in [-0.25, -0.2) is 4.79 Å². The molecule has 2 amide bonds. The molecule has 0 aliphatic heterocycles. The van der Waals surface area contributed by atoms with E-state index in [4.69, 9.17) is 0 Å². The summed E-state index contributed by atoms with van der Waals surface area (Å²) < 4.78 is 0. The largest absolute Gasteiger partial charge is 0.504 e. The molecule has 2 aromatic rings. The van der Waals surface area contributed by atoms with Crippen LogP contribution in [0, 0.1) is 0 Å². The average Bonchev–Trinajstić information content (AvgIpc) is 2.45. The highest BCUT2D eigenvalue weighted by molar-refractivity contribution is 6.00. The van der Waals surface area contributed by atoms with Gasteiger partial charge in [-0.3, -0.25) is 0 Å². The molecule has 0 aliphatic carbocycles. The monoisotopic (exact) mass is 302 g/mol. The highest BCUT2D eigenvalue weighted by Crippen LogP contribution is 2.37. The molecule has 0 heterocycles. The fourth-order valence-electron chi connectivity index (χ4n) is 1.92. The van der Waals surface area contributed by atoms with Crippen LogP contribution in [-0.2, 0) is 0 Å². The molecular weight excluding hydrogens is 284 g/mol. The number of carbonyl (C=O) groups excluding carboxylic acids is 1. The number of carbonyl (C=O) groups is 1. The number of amides is 2. The van der Waals surface area contributed by atoms with Gasteiger partial charge in [-0.2, -0.15) is 0 Å². The van der Waals surface area contributed by atoms with Gasteiger partial charge in [0.15, 0.2) is 17.2 Å². The van der Waals surface area contributed by atoms with Crippen LogP contribution in [0.3, 0.4) is 0 Å². The Bertz CT molecular complexity index is 658. The van der Waals surface area contributed by atoms with Crippen molar-refractivity contribution in [1.29, 1.82) is 0 Å². The van der Waals surface area contributed by atoms with E-state index in [2.05, 4.69) is 24.5 Å². The van der Waals surface area contributed by atoms with Gasteiger partial charge >= 0.3 is 6.03 Å². The van der Waals surface area contributed by atoms with Crippen LogP contribution in [0.2, 0.25) is 0 Å². The molecule has 0 atom stereocenters. The van der Waals surface area contributed by atoms with Crippen molar-refractivity contribution in [3.63, 3.8) is 0 Å². The van der Waals surface area contributed by atoms with Crippen molar-refractivity contribution in [3.05, 3.63) is 42.0 Å². The molecule has 6 heteroatoms. The van der Waals surface area contributed by atoms with E-state index in [1.165, 1.54) is 5.56 Å². The van der Waals surface area contributed by atoms with Crippen molar-refractivity contribution in [2.45, 2.75) is 19.8 Å². The Morgan fingerprint density at radius 1 is 0.909 bits per heavy atom. The first-order chi connectivity index (χ1) is 10.4. The maximum atomic E-state index is 11.9. The highest BCUT2D eigenvalue weighted by Gasteiger charge is 2.10. The predicted octanol–water partition coefficient (Wildman–Crippen LogP) is 3.57. The zero-order chi connectivity index (χ0) is 16.3. The molecule has 2 rings (SSSR count). The first kappa shape index (κ1) is 15.5. The Morgan fingerprint density at radius 2 is 1.41 bits per heavy atom. The van der Waals surface area contributed by atoms with Gasteiger partial charge in [0.25, 0.3) is 0 Å². The van der Waals surface area contributed by atoms with Crippen LogP contribution in [0.4, 0.5) is 16.2 Å². The first-order valence-electron chi connectivity index (χ1n) is 6.79. The molecule has 0 spiro atoms. The third-order valence-electron chi connectivity index (χ3n) is 3.16. The van der Waals surface area contributed by atoms with Gasteiger partial charge in [-0.1, -0.05) is 26.0 Å². The average molecular weight is 302 g/mol. The molecular formula is C16H18N2O4. The molecule has 0 aliphatic rings. The van der Waals surface area contributed by atoms with Crippen LogP contribution in [0.25, 0.3) is 0 Å². The van der Waals surface area contributed by atoms with Gasteiger partial charge in [0.05, 0.1) is 5.69 Å². The number of urea groups is 1. The summed E-state index contributed by atoms with van der Waals surface area (Å²) in [4.78, 5) is 11.9. The molecule has 6 nitrogen and oxygen atoms in total. The van der Waals surface area contributed by atoms with Gasteiger partial charge in [0.1, 0.15) is 0 Å². The summed E-state index contributed by atoms with van der Waals surface area (Å²) in [7, 11) is 0. The van der Waals surface area contributed by atoms with Crippen LogP contribution < -0.4 is 10.6 Å². The third kappa shape index (κ3) is 3.60. The zero-order valence-corrected chi connectivity index (χ0v) is 12.3. The molecule has 116 valence electrons. The summed E-state index contributed by atoms with van der Waals surface area (Å²) in [6, 6.07) is 9.19. The Balaban J connectivity index is 2.04. The fourth-order valence-corrected chi connectivity index (χ4v) is 1.92. The van der Waals surface area contributed by atoms with Crippen molar-refractivity contribution < 1.29 is 20.1 Å². The van der Waals surface area contributed by atoms with Gasteiger partial charge in [0, 0.05) is 17.8 Å². The number of hydrogen-bond acceptors (Lipinski definition) is 4. The summed E-state index contributed by atoms with van der Waals surface area (Å²) in [5.74, 6) is -1.26. The number of benzene rings is 2. The minimum Gasteiger partial charge on any atom is -0.504 e. The SMILES string of the molecule is CC(C)c1ccc(NC(=O)Nc2cc(O)c(O)c(O)c2)cc1. The molecule has 2 aromatic carbocycles. The Kier molecular flexibility index (Phi) is 4.41. The van der Waals surface area contributed by atoms with Crippen molar-refractivity contribution in [2.75, 3.05) is 10.6 Å². The van der Waals surface area contributed by atoms with Gasteiger partial charge < -0.3 is 26.0 Å². The quantitative estimate of drug-likeness (QED) is 0.442. The molecule has 0 saturated carbocycles. The van der Waals surface area contributed by atoms with E-state index >= 15 is 0 Å². The number of phenolic OH excluding ortho intramolecular Hbond substituents is 3. The molecule has 0 unspecified atom stereocenters. The number of hydrogen-bond donors (Lipinski definition) is 5. The van der Waals surface area contributed by atoms with E-state index in [-0.39, 0.29) is 5.69 Å². The second-order valence-corrected chi connectivity index (χ2v) is 5.22. The van der Waals surface area contributed by atoms with Crippen LogP contribution in [0.15, 0.2) is 36.4 Å². The Morgan fingerprint density at radius 3 is 1.91 bits per heavy atom. The van der Waals surface area contributed by atoms with Crippen LogP contribution in [-0.4, -0.2) is 21.4 Å². The minimum absolute atomic E-state index is 0.157. The molecule has 0 bridgehead atoms. The van der Waals surface area contributed by atoms with E-state index in [0.717, 1.165) is 12.1 Å². The van der Waals surface area contributed by atoms with Crippen LogP contribution in [0.1, 0.15) is 25.3 Å². The lowest BCUT2D eigenvalue weighted by atomic mass is 10.0. The van der Waals surface area contributed by atoms with Crippen molar-refractivity contribution in [3.8, 4) is 17.2 Å². The number of nitrogens with one attached hydrogen (secondary N) is 2. The maximum absolute atomic E-state index is 11.9. The second kappa shape index (κ2) is 6.26. The molecule has 0 saturated heterocycles. The summed E-state index contributed by atoms with van der Waals surface area (Å²) in [5.41, 5.74) is 1.94. The standard InChI is InChI=1S/C16H18N2O4/c1-9(2)10-3-5-11(6-4-10)17-16(22)18-12-7-13(19)15(21)14(20)8-12/h3-9,19-21H,1-2H3,(H2,17,18,22). The number of phenols is 3. The molecule has 22 heavy (non-hydrogen) atoms. The smallest absolute Gasteiger partial charge is 0.323 e. The van der Waals surface area contributed by atoms with Crippen molar-refractivity contribution >= 4 is 17.4 Å². The normalized spacial score (nSPS) is 10.5. The van der Waals surface area contributed by atoms with E-state index in [1.54, 1.807) is 12.1 Å². The lowest BCUT2D eigenvalue weighted by Crippen LogP contribution is -2.19. The van der Waals surface area contributed by atoms with E-state index < -0.39 is 23.3 Å². The van der Waals surface area contributed by atoms with E-state index in [9.17, 15) is 20.1 Å². The highest BCUT2D eigenvalue weighted by atomic mass is 16.3. The number of aromatic hydroxyl groups is 3. The van der Waals surface area contributed by atoms with Crippen molar-refractivity contribution in [2.24, 2.45) is 0 Å². The molecule has 5 N–H and O–H groups in total. The topological polar surface area (TPSA) is 102 Å². The van der Waals surface area contributed by atoms with Crippen molar-refractivity contribution in [1.82, 2.24) is 0 Å². The fraction of sp³-hybridized carbons (Fsp3) is 0.188. The second-order valence-electron chi connectivity index (χ2n) is 5.22. The summed E-state index contributed by atoms with van der Waals surface area (Å²) in [6.45, 7) is 4.16. The first-order valence-corrected chi connectivity index (χ1v) is 6.79. The minimum atomic E-state index is -0.629. The Labute approximate surface area is 128 Å². The van der Waals surface area contributed by atoms with Gasteiger partial charge in [-0.15, -0.1) is 0 Å². The summed E-state index contributed by atoms with van der Waals surface area (Å²) in [5, 5.41) is 33.1. The third-order valence-corrected chi connectivity index (χ3v) is 3.16. The summed E-state index contributed by atoms with van der Waals surface area (Å²) in [6.07, 6.45) is 0.